The van der Waals surface area contributed by atoms with Crippen LogP contribution in [0.15, 0.2) is 17.3 Å². The number of nitrogens with one attached hydrogen (secondary N) is 1. The topological polar surface area (TPSA) is 91.8 Å². The van der Waals surface area contributed by atoms with Crippen LogP contribution in [0.1, 0.15) is 33.9 Å². The van der Waals surface area contributed by atoms with E-state index in [1.165, 1.54) is 17.7 Å². The standard InChI is InChI=1S/C18H19N5O2S/c1-10-11(2)26-18-16(10)17(25)21-14(22-18)3-4-15(24)23-6-5-12-7-19-9-20-13(12)8-23/h7,9H,3-6,8H2,1-2H3,(H,21,22,25). The lowest BCUT2D eigenvalue weighted by Gasteiger charge is -2.27. The van der Waals surface area contributed by atoms with E-state index in [1.807, 2.05) is 24.9 Å². The summed E-state index contributed by atoms with van der Waals surface area (Å²) in [5.74, 6) is 0.618. The van der Waals surface area contributed by atoms with Gasteiger partial charge in [0.15, 0.2) is 0 Å². The van der Waals surface area contributed by atoms with Crippen LogP contribution in [0.4, 0.5) is 0 Å². The van der Waals surface area contributed by atoms with Gasteiger partial charge < -0.3 is 9.88 Å². The van der Waals surface area contributed by atoms with Crippen LogP contribution in [0.25, 0.3) is 10.2 Å². The fourth-order valence-corrected chi connectivity index (χ4v) is 4.31. The number of H-pyrrole nitrogens is 1. The number of thiophene rings is 1. The van der Waals surface area contributed by atoms with Crippen molar-refractivity contribution in [1.82, 2.24) is 24.8 Å². The van der Waals surface area contributed by atoms with Crippen molar-refractivity contribution in [3.05, 3.63) is 50.4 Å². The summed E-state index contributed by atoms with van der Waals surface area (Å²) in [4.78, 5) is 44.2. The van der Waals surface area contributed by atoms with E-state index in [4.69, 9.17) is 0 Å². The maximum absolute atomic E-state index is 12.6. The van der Waals surface area contributed by atoms with Crippen LogP contribution in [0, 0.1) is 13.8 Å². The van der Waals surface area contributed by atoms with Gasteiger partial charge in [-0.05, 0) is 31.4 Å². The second-order valence-electron chi connectivity index (χ2n) is 6.54. The van der Waals surface area contributed by atoms with Gasteiger partial charge in [0.25, 0.3) is 5.56 Å². The summed E-state index contributed by atoms with van der Waals surface area (Å²) in [6.45, 7) is 5.11. The average molecular weight is 369 g/mol. The van der Waals surface area contributed by atoms with Crippen molar-refractivity contribution in [3.8, 4) is 0 Å². The molecule has 1 aliphatic rings. The van der Waals surface area contributed by atoms with Crippen LogP contribution in [-0.2, 0) is 24.2 Å². The predicted octanol–water partition coefficient (Wildman–Crippen LogP) is 1.91. The first-order valence-corrected chi connectivity index (χ1v) is 9.39. The molecule has 0 aliphatic carbocycles. The summed E-state index contributed by atoms with van der Waals surface area (Å²) >= 11 is 1.52. The minimum Gasteiger partial charge on any atom is -0.336 e. The van der Waals surface area contributed by atoms with Crippen molar-refractivity contribution in [2.24, 2.45) is 0 Å². The second-order valence-corrected chi connectivity index (χ2v) is 7.74. The van der Waals surface area contributed by atoms with Gasteiger partial charge in [-0.3, -0.25) is 9.59 Å². The number of hydrogen-bond acceptors (Lipinski definition) is 6. The van der Waals surface area contributed by atoms with Crippen molar-refractivity contribution in [2.45, 2.75) is 39.7 Å². The Morgan fingerprint density at radius 3 is 3.08 bits per heavy atom. The molecule has 1 N–H and O–H groups in total. The molecule has 4 rings (SSSR count). The van der Waals surface area contributed by atoms with Crippen molar-refractivity contribution < 1.29 is 4.79 Å². The van der Waals surface area contributed by atoms with Crippen molar-refractivity contribution in [3.63, 3.8) is 0 Å². The predicted molar refractivity (Wildman–Crippen MR) is 99.2 cm³/mol. The first-order valence-electron chi connectivity index (χ1n) is 8.57. The van der Waals surface area contributed by atoms with Crippen molar-refractivity contribution >= 4 is 27.5 Å². The summed E-state index contributed by atoms with van der Waals surface area (Å²) < 4.78 is 0. The summed E-state index contributed by atoms with van der Waals surface area (Å²) in [6.07, 6.45) is 4.85. The van der Waals surface area contributed by atoms with E-state index in [0.717, 1.165) is 32.9 Å². The molecule has 1 aliphatic heterocycles. The summed E-state index contributed by atoms with van der Waals surface area (Å²) in [5.41, 5.74) is 2.88. The van der Waals surface area contributed by atoms with Gasteiger partial charge in [-0.1, -0.05) is 0 Å². The lowest BCUT2D eigenvalue weighted by molar-refractivity contribution is -0.132. The number of nitrogens with zero attached hydrogens (tertiary/aromatic N) is 4. The Morgan fingerprint density at radius 1 is 1.38 bits per heavy atom. The van der Waals surface area contributed by atoms with Gasteiger partial charge in [0.2, 0.25) is 5.91 Å². The molecule has 0 unspecified atom stereocenters. The highest BCUT2D eigenvalue weighted by atomic mass is 32.1. The molecule has 7 nitrogen and oxygen atoms in total. The van der Waals surface area contributed by atoms with Crippen LogP contribution in [0.3, 0.4) is 0 Å². The van der Waals surface area contributed by atoms with Crippen LogP contribution < -0.4 is 5.56 Å². The van der Waals surface area contributed by atoms with E-state index < -0.39 is 0 Å². The Bertz CT molecular complexity index is 1060. The molecule has 3 aromatic heterocycles. The SMILES string of the molecule is Cc1sc2nc(CCC(=O)N3CCc4cncnc4C3)[nH]c(=O)c2c1C. The van der Waals surface area contributed by atoms with Gasteiger partial charge in [-0.15, -0.1) is 11.3 Å². The van der Waals surface area contributed by atoms with Crippen LogP contribution in [0.2, 0.25) is 0 Å². The molecule has 0 radical (unpaired) electrons. The third-order valence-corrected chi connectivity index (χ3v) is 5.99. The average Bonchev–Trinajstić information content (AvgIpc) is 2.93. The molecule has 26 heavy (non-hydrogen) atoms. The van der Waals surface area contributed by atoms with Crippen molar-refractivity contribution in [2.75, 3.05) is 6.54 Å². The smallest absolute Gasteiger partial charge is 0.259 e. The Balaban J connectivity index is 1.47. The van der Waals surface area contributed by atoms with Gasteiger partial charge in [0.05, 0.1) is 17.6 Å². The molecule has 8 heteroatoms. The molecule has 0 atom stereocenters. The first-order chi connectivity index (χ1) is 12.5. The maximum atomic E-state index is 12.6. The number of rotatable bonds is 3. The number of amides is 1. The molecule has 134 valence electrons. The van der Waals surface area contributed by atoms with Crippen LogP contribution in [0.5, 0.6) is 0 Å². The molecule has 0 fully saturated rings. The van der Waals surface area contributed by atoms with Gasteiger partial charge in [0.1, 0.15) is 17.0 Å². The van der Waals surface area contributed by atoms with Gasteiger partial charge >= 0.3 is 0 Å². The molecule has 3 aromatic rings. The zero-order valence-electron chi connectivity index (χ0n) is 14.7. The van der Waals surface area contributed by atoms with E-state index in [9.17, 15) is 9.59 Å². The first kappa shape index (κ1) is 16.8. The quantitative estimate of drug-likeness (QED) is 0.761. The Morgan fingerprint density at radius 2 is 2.23 bits per heavy atom. The number of aromatic amines is 1. The van der Waals surface area contributed by atoms with E-state index in [0.29, 0.717) is 37.1 Å². The molecule has 0 saturated heterocycles. The Hall–Kier alpha value is -2.61. The largest absolute Gasteiger partial charge is 0.336 e. The molecule has 0 bridgehead atoms. The summed E-state index contributed by atoms with van der Waals surface area (Å²) in [7, 11) is 0. The number of fused-ring (bicyclic) bond motifs is 2. The van der Waals surface area contributed by atoms with E-state index >= 15 is 0 Å². The normalized spacial score (nSPS) is 13.8. The minimum atomic E-state index is -0.122. The van der Waals surface area contributed by atoms with Gasteiger partial charge in [-0.25, -0.2) is 15.0 Å². The van der Waals surface area contributed by atoms with E-state index in [-0.39, 0.29) is 11.5 Å². The molecule has 0 spiro atoms. The maximum Gasteiger partial charge on any atom is 0.259 e. The zero-order valence-corrected chi connectivity index (χ0v) is 15.5. The number of aromatic nitrogens is 4. The molecule has 0 aromatic carbocycles. The van der Waals surface area contributed by atoms with Gasteiger partial charge in [-0.2, -0.15) is 0 Å². The lowest BCUT2D eigenvalue weighted by Crippen LogP contribution is -2.36. The highest BCUT2D eigenvalue weighted by molar-refractivity contribution is 7.18. The van der Waals surface area contributed by atoms with Crippen LogP contribution in [-0.4, -0.2) is 37.3 Å². The molecule has 0 saturated carbocycles. The van der Waals surface area contributed by atoms with Crippen molar-refractivity contribution in [1.29, 1.82) is 0 Å². The second kappa shape index (κ2) is 6.60. The fraction of sp³-hybridized carbons (Fsp3) is 0.389. The summed E-state index contributed by atoms with van der Waals surface area (Å²) in [6, 6.07) is 0. The van der Waals surface area contributed by atoms with Crippen LogP contribution >= 0.6 is 11.3 Å². The number of hydrogen-bond donors (Lipinski definition) is 1. The third-order valence-electron chi connectivity index (χ3n) is 4.89. The Labute approximate surface area is 154 Å². The molecule has 1 amide bonds. The third kappa shape index (κ3) is 3.01. The monoisotopic (exact) mass is 369 g/mol. The number of carbonyl (C=O) groups is 1. The highest BCUT2D eigenvalue weighted by Gasteiger charge is 2.22. The van der Waals surface area contributed by atoms with Gasteiger partial charge in [0, 0.05) is 30.5 Å². The van der Waals surface area contributed by atoms with E-state index in [2.05, 4.69) is 19.9 Å². The minimum absolute atomic E-state index is 0.0514. The fourth-order valence-electron chi connectivity index (χ4n) is 3.26. The molecular weight excluding hydrogens is 350 g/mol. The number of carbonyl (C=O) groups excluding carboxylic acids is 1. The lowest BCUT2D eigenvalue weighted by atomic mass is 10.1. The van der Waals surface area contributed by atoms with E-state index in [1.54, 1.807) is 0 Å². The Kier molecular flexibility index (Phi) is 4.28. The highest BCUT2D eigenvalue weighted by Crippen LogP contribution is 2.25. The summed E-state index contributed by atoms with van der Waals surface area (Å²) in [5, 5.41) is 0.662. The number of aryl methyl sites for hydroxylation is 3. The zero-order chi connectivity index (χ0) is 18.3. The molecular formula is C18H19N5O2S. The molecule has 4 heterocycles.